The lowest BCUT2D eigenvalue weighted by Gasteiger charge is -2.01. The summed E-state index contributed by atoms with van der Waals surface area (Å²) >= 11 is 13.2. The highest BCUT2D eigenvalue weighted by Gasteiger charge is 2.14. The van der Waals surface area contributed by atoms with Crippen LogP contribution in [0.5, 0.6) is 0 Å². The maximum atomic E-state index is 12.2. The number of hydrogen-bond donors (Lipinski definition) is 1. The molecule has 0 spiro atoms. The quantitative estimate of drug-likeness (QED) is 0.683. The summed E-state index contributed by atoms with van der Waals surface area (Å²) in [6.45, 7) is 0. The number of carbonyl (C=O) groups excluding carboxylic acids is 1. The average molecular weight is 376 g/mol. The molecule has 1 aromatic heterocycles. The summed E-state index contributed by atoms with van der Waals surface area (Å²) in [5.41, 5.74) is 1.58. The summed E-state index contributed by atoms with van der Waals surface area (Å²) in [7, 11) is 0. The number of amides is 1. The van der Waals surface area contributed by atoms with E-state index in [9.17, 15) is 4.79 Å². The Balaban J connectivity index is 1.74. The first kappa shape index (κ1) is 16.6. The lowest BCUT2D eigenvalue weighted by molar-refractivity contribution is 0.102. The molecule has 0 bridgehead atoms. The monoisotopic (exact) mass is 375 g/mol. The molecule has 120 valence electrons. The van der Waals surface area contributed by atoms with Gasteiger partial charge in [0.1, 0.15) is 0 Å². The van der Waals surface area contributed by atoms with Crippen molar-refractivity contribution in [2.24, 2.45) is 0 Å². The van der Waals surface area contributed by atoms with Crippen LogP contribution in [0.3, 0.4) is 0 Å². The second kappa shape index (κ2) is 7.57. The second-order valence-corrected chi connectivity index (χ2v) is 6.60. The van der Waals surface area contributed by atoms with Crippen LogP contribution in [0.4, 0.5) is 5.69 Å². The third-order valence-electron chi connectivity index (χ3n) is 3.02. The fourth-order valence-corrected chi connectivity index (χ4v) is 2.94. The van der Waals surface area contributed by atoms with Crippen molar-refractivity contribution in [3.05, 3.63) is 75.2 Å². The number of aromatic nitrogens is 2. The maximum Gasteiger partial charge on any atom is 0.286 e. The van der Waals surface area contributed by atoms with Crippen molar-refractivity contribution in [3.63, 3.8) is 0 Å². The molecule has 1 amide bonds. The van der Waals surface area contributed by atoms with Gasteiger partial charge in [0.25, 0.3) is 5.91 Å². The van der Waals surface area contributed by atoms with E-state index in [1.807, 2.05) is 30.3 Å². The van der Waals surface area contributed by atoms with E-state index in [0.717, 1.165) is 16.9 Å². The normalized spacial score (nSPS) is 11.3. The molecule has 0 fully saturated rings. The number of hydrogen-bond acceptors (Lipinski definition) is 4. The molecule has 0 saturated heterocycles. The largest absolute Gasteiger partial charge is 0.320 e. The van der Waals surface area contributed by atoms with E-state index in [4.69, 9.17) is 23.2 Å². The van der Waals surface area contributed by atoms with Gasteiger partial charge in [-0.1, -0.05) is 64.9 Å². The molecule has 3 aromatic rings. The number of rotatable bonds is 4. The first-order chi connectivity index (χ1) is 11.6. The van der Waals surface area contributed by atoms with Gasteiger partial charge in [-0.25, -0.2) is 0 Å². The third-order valence-corrected chi connectivity index (χ3v) is 4.63. The van der Waals surface area contributed by atoms with Crippen LogP contribution < -0.4 is 5.32 Å². The summed E-state index contributed by atoms with van der Waals surface area (Å²) in [6.07, 6.45) is 1.78. The molecule has 0 aliphatic rings. The lowest BCUT2D eigenvalue weighted by Crippen LogP contribution is -2.11. The molecule has 0 radical (unpaired) electrons. The summed E-state index contributed by atoms with van der Waals surface area (Å²) in [5, 5.41) is 12.4. The van der Waals surface area contributed by atoms with Gasteiger partial charge in [-0.15, -0.1) is 10.2 Å². The number of nitrogens with one attached hydrogen (secondary N) is 1. The fourth-order valence-electron chi connectivity index (χ4n) is 1.89. The standard InChI is InChI=1S/C17H11Cl2N3OS/c18-12-6-8-13(9-7-12)20-15(23)17-22-21-16(24-17)14(19)10-11-4-2-1-3-5-11/h1-10H,(H,20,23)/b14-10-. The van der Waals surface area contributed by atoms with Crippen LogP contribution in [0.15, 0.2) is 54.6 Å². The smallest absolute Gasteiger partial charge is 0.286 e. The molecule has 0 atom stereocenters. The van der Waals surface area contributed by atoms with Crippen molar-refractivity contribution in [1.82, 2.24) is 10.2 Å². The van der Waals surface area contributed by atoms with Crippen molar-refractivity contribution >= 4 is 57.2 Å². The molecule has 0 unspecified atom stereocenters. The van der Waals surface area contributed by atoms with E-state index in [-0.39, 0.29) is 10.9 Å². The van der Waals surface area contributed by atoms with E-state index < -0.39 is 0 Å². The second-order valence-electron chi connectivity index (χ2n) is 4.78. The molecule has 1 heterocycles. The van der Waals surface area contributed by atoms with Gasteiger partial charge in [-0.2, -0.15) is 0 Å². The summed E-state index contributed by atoms with van der Waals surface area (Å²) < 4.78 is 0. The predicted molar refractivity (Wildman–Crippen MR) is 99.5 cm³/mol. The van der Waals surface area contributed by atoms with E-state index in [0.29, 0.717) is 20.7 Å². The molecule has 4 nitrogen and oxygen atoms in total. The van der Waals surface area contributed by atoms with E-state index in [1.54, 1.807) is 30.3 Å². The van der Waals surface area contributed by atoms with Gasteiger partial charge in [0, 0.05) is 10.7 Å². The van der Waals surface area contributed by atoms with E-state index in [2.05, 4.69) is 15.5 Å². The molecule has 7 heteroatoms. The van der Waals surface area contributed by atoms with E-state index >= 15 is 0 Å². The van der Waals surface area contributed by atoms with Gasteiger partial charge in [-0.05, 0) is 35.9 Å². The Bertz CT molecular complexity index is 876. The summed E-state index contributed by atoms with van der Waals surface area (Å²) in [6, 6.07) is 16.4. The van der Waals surface area contributed by atoms with Crippen LogP contribution in [0.2, 0.25) is 5.02 Å². The van der Waals surface area contributed by atoms with Gasteiger partial charge in [-0.3, -0.25) is 4.79 Å². The molecular formula is C17H11Cl2N3OS. The third kappa shape index (κ3) is 4.20. The topological polar surface area (TPSA) is 54.9 Å². The predicted octanol–water partition coefficient (Wildman–Crippen LogP) is 5.18. The Hall–Kier alpha value is -2.21. The van der Waals surface area contributed by atoms with Crippen LogP contribution in [0.25, 0.3) is 11.1 Å². The minimum atomic E-state index is -0.342. The Kier molecular flexibility index (Phi) is 5.25. The van der Waals surface area contributed by atoms with Crippen molar-refractivity contribution < 1.29 is 4.79 Å². The number of benzene rings is 2. The molecule has 0 aliphatic heterocycles. The van der Waals surface area contributed by atoms with Crippen LogP contribution in [-0.2, 0) is 0 Å². The summed E-state index contributed by atoms with van der Waals surface area (Å²) in [4.78, 5) is 12.2. The Morgan fingerprint density at radius 2 is 1.67 bits per heavy atom. The highest BCUT2D eigenvalue weighted by molar-refractivity contribution is 7.15. The minimum Gasteiger partial charge on any atom is -0.320 e. The number of anilines is 1. The first-order valence-electron chi connectivity index (χ1n) is 6.95. The SMILES string of the molecule is O=C(Nc1ccc(Cl)cc1)c1nnc(/C(Cl)=C/c2ccccc2)s1. The van der Waals surface area contributed by atoms with Crippen molar-refractivity contribution in [1.29, 1.82) is 0 Å². The molecule has 24 heavy (non-hydrogen) atoms. The van der Waals surface area contributed by atoms with Crippen molar-refractivity contribution in [3.8, 4) is 0 Å². The first-order valence-corrected chi connectivity index (χ1v) is 8.52. The van der Waals surface area contributed by atoms with Crippen LogP contribution in [-0.4, -0.2) is 16.1 Å². The zero-order valence-electron chi connectivity index (χ0n) is 12.2. The Labute approximate surface area is 152 Å². The molecule has 1 N–H and O–H groups in total. The van der Waals surface area contributed by atoms with Crippen LogP contribution in [0.1, 0.15) is 20.4 Å². The van der Waals surface area contributed by atoms with Crippen LogP contribution >= 0.6 is 34.5 Å². The van der Waals surface area contributed by atoms with Crippen molar-refractivity contribution in [2.45, 2.75) is 0 Å². The highest BCUT2D eigenvalue weighted by atomic mass is 35.5. The highest BCUT2D eigenvalue weighted by Crippen LogP contribution is 2.25. The Morgan fingerprint density at radius 1 is 1.00 bits per heavy atom. The minimum absolute atomic E-state index is 0.236. The molecule has 2 aromatic carbocycles. The lowest BCUT2D eigenvalue weighted by atomic mass is 10.2. The number of nitrogens with zero attached hydrogens (tertiary/aromatic N) is 2. The van der Waals surface area contributed by atoms with Crippen molar-refractivity contribution in [2.75, 3.05) is 5.32 Å². The number of carbonyl (C=O) groups is 1. The van der Waals surface area contributed by atoms with Gasteiger partial charge in [0.05, 0.1) is 5.03 Å². The fraction of sp³-hybridized carbons (Fsp3) is 0. The maximum absolute atomic E-state index is 12.2. The van der Waals surface area contributed by atoms with Gasteiger partial charge in [0.15, 0.2) is 5.01 Å². The number of halogens is 2. The summed E-state index contributed by atoms with van der Waals surface area (Å²) in [5.74, 6) is -0.342. The molecule has 0 saturated carbocycles. The van der Waals surface area contributed by atoms with Crippen LogP contribution in [0, 0.1) is 0 Å². The van der Waals surface area contributed by atoms with Gasteiger partial charge in [0.2, 0.25) is 5.01 Å². The van der Waals surface area contributed by atoms with Gasteiger partial charge < -0.3 is 5.32 Å². The molecule has 3 rings (SSSR count). The molecule has 0 aliphatic carbocycles. The van der Waals surface area contributed by atoms with E-state index in [1.165, 1.54) is 0 Å². The van der Waals surface area contributed by atoms with Gasteiger partial charge >= 0.3 is 0 Å². The Morgan fingerprint density at radius 3 is 2.38 bits per heavy atom. The zero-order valence-corrected chi connectivity index (χ0v) is 14.6. The zero-order chi connectivity index (χ0) is 16.9. The average Bonchev–Trinajstić information content (AvgIpc) is 3.08. The molecular weight excluding hydrogens is 365 g/mol.